The number of H-pyrrole nitrogens is 1. The number of para-hydroxylation sites is 2. The zero-order chi connectivity index (χ0) is 20.0. The molecule has 0 saturated carbocycles. The third-order valence-corrected chi connectivity index (χ3v) is 4.30. The van der Waals surface area contributed by atoms with Gasteiger partial charge in [0.25, 0.3) is 0 Å². The summed E-state index contributed by atoms with van der Waals surface area (Å²) >= 11 is 0. The standard InChI is InChI=1S/C20H22F3N5/c1-24-19(25-12-10-14-6-8-15(9-7-14)20(21,22)23)26-13-11-18-27-16-4-2-3-5-17(16)28-18/h2-9H,10-13H2,1H3,(H,27,28)(H2,24,25,26). The van der Waals surface area contributed by atoms with Crippen molar-refractivity contribution in [2.75, 3.05) is 20.1 Å². The van der Waals surface area contributed by atoms with Crippen LogP contribution < -0.4 is 10.6 Å². The molecule has 1 heterocycles. The first kappa shape index (κ1) is 19.7. The van der Waals surface area contributed by atoms with Crippen molar-refractivity contribution in [2.45, 2.75) is 19.0 Å². The number of alkyl halides is 3. The highest BCUT2D eigenvalue weighted by Crippen LogP contribution is 2.29. The number of hydrogen-bond donors (Lipinski definition) is 3. The molecule has 0 aliphatic heterocycles. The SMILES string of the molecule is CN=C(NCCc1ccc(C(F)(F)F)cc1)NCCc1nc2ccccc2[nH]1. The first-order valence-electron chi connectivity index (χ1n) is 9.00. The molecule has 3 aromatic rings. The largest absolute Gasteiger partial charge is 0.416 e. The van der Waals surface area contributed by atoms with Crippen LogP contribution in [0.4, 0.5) is 13.2 Å². The van der Waals surface area contributed by atoms with Gasteiger partial charge in [-0.25, -0.2) is 4.98 Å². The summed E-state index contributed by atoms with van der Waals surface area (Å²) in [4.78, 5) is 12.0. The van der Waals surface area contributed by atoms with E-state index >= 15 is 0 Å². The summed E-state index contributed by atoms with van der Waals surface area (Å²) in [6.45, 7) is 1.22. The van der Waals surface area contributed by atoms with E-state index in [2.05, 4.69) is 25.6 Å². The molecule has 0 spiro atoms. The van der Waals surface area contributed by atoms with Gasteiger partial charge in [-0.1, -0.05) is 24.3 Å². The highest BCUT2D eigenvalue weighted by atomic mass is 19.4. The molecule has 5 nitrogen and oxygen atoms in total. The zero-order valence-corrected chi connectivity index (χ0v) is 15.5. The van der Waals surface area contributed by atoms with Gasteiger partial charge in [-0.3, -0.25) is 4.99 Å². The van der Waals surface area contributed by atoms with Crippen LogP contribution in [0.2, 0.25) is 0 Å². The Kier molecular flexibility index (Phi) is 6.18. The number of rotatable bonds is 6. The molecule has 2 aromatic carbocycles. The number of aliphatic imine (C=N–C) groups is 1. The van der Waals surface area contributed by atoms with Gasteiger partial charge in [-0.15, -0.1) is 0 Å². The normalized spacial score (nSPS) is 12.4. The Hall–Kier alpha value is -3.03. The van der Waals surface area contributed by atoms with Crippen molar-refractivity contribution >= 4 is 17.0 Å². The number of aromatic nitrogens is 2. The number of benzene rings is 2. The van der Waals surface area contributed by atoms with E-state index in [1.54, 1.807) is 7.05 Å². The molecule has 0 fully saturated rings. The summed E-state index contributed by atoms with van der Waals surface area (Å²) in [6.07, 6.45) is -2.99. The van der Waals surface area contributed by atoms with Gasteiger partial charge in [0, 0.05) is 26.6 Å². The Balaban J connectivity index is 1.42. The van der Waals surface area contributed by atoms with E-state index in [1.807, 2.05) is 24.3 Å². The summed E-state index contributed by atoms with van der Waals surface area (Å²) < 4.78 is 37.7. The number of nitrogens with one attached hydrogen (secondary N) is 3. The molecule has 0 amide bonds. The van der Waals surface area contributed by atoms with Crippen molar-refractivity contribution in [3.8, 4) is 0 Å². The highest BCUT2D eigenvalue weighted by molar-refractivity contribution is 5.79. The highest BCUT2D eigenvalue weighted by Gasteiger charge is 2.29. The summed E-state index contributed by atoms with van der Waals surface area (Å²) in [5.74, 6) is 1.54. The van der Waals surface area contributed by atoms with Gasteiger partial charge in [0.1, 0.15) is 5.82 Å². The number of guanidine groups is 1. The van der Waals surface area contributed by atoms with Crippen molar-refractivity contribution in [1.82, 2.24) is 20.6 Å². The Bertz CT molecular complexity index is 896. The Morgan fingerprint density at radius 2 is 1.68 bits per heavy atom. The predicted molar refractivity (Wildman–Crippen MR) is 104 cm³/mol. The van der Waals surface area contributed by atoms with E-state index < -0.39 is 11.7 Å². The van der Waals surface area contributed by atoms with Gasteiger partial charge >= 0.3 is 6.18 Å². The van der Waals surface area contributed by atoms with Gasteiger partial charge < -0.3 is 15.6 Å². The number of aromatic amines is 1. The lowest BCUT2D eigenvalue weighted by Gasteiger charge is -2.12. The van der Waals surface area contributed by atoms with E-state index in [1.165, 1.54) is 12.1 Å². The summed E-state index contributed by atoms with van der Waals surface area (Å²) in [5, 5.41) is 6.37. The first-order valence-corrected chi connectivity index (χ1v) is 9.00. The molecule has 0 bridgehead atoms. The topological polar surface area (TPSA) is 65.1 Å². The van der Waals surface area contributed by atoms with Crippen molar-refractivity contribution < 1.29 is 13.2 Å². The molecule has 8 heteroatoms. The van der Waals surface area contributed by atoms with Crippen LogP contribution in [-0.2, 0) is 19.0 Å². The lowest BCUT2D eigenvalue weighted by Crippen LogP contribution is -2.39. The molecular weight excluding hydrogens is 367 g/mol. The van der Waals surface area contributed by atoms with Crippen molar-refractivity contribution in [2.24, 2.45) is 4.99 Å². The minimum atomic E-state index is -4.30. The molecule has 0 aliphatic carbocycles. The minimum Gasteiger partial charge on any atom is -0.356 e. The molecule has 28 heavy (non-hydrogen) atoms. The second-order valence-electron chi connectivity index (χ2n) is 6.32. The second kappa shape index (κ2) is 8.77. The minimum absolute atomic E-state index is 0.565. The van der Waals surface area contributed by atoms with Gasteiger partial charge in [0.05, 0.1) is 16.6 Å². The number of hydrogen-bond acceptors (Lipinski definition) is 2. The fourth-order valence-electron chi connectivity index (χ4n) is 2.83. The molecule has 0 radical (unpaired) electrons. The molecule has 0 saturated heterocycles. The third kappa shape index (κ3) is 5.25. The molecule has 3 rings (SSSR count). The average molecular weight is 389 g/mol. The van der Waals surface area contributed by atoms with Crippen LogP contribution in [0.1, 0.15) is 17.0 Å². The third-order valence-electron chi connectivity index (χ3n) is 4.30. The second-order valence-corrected chi connectivity index (χ2v) is 6.32. The Morgan fingerprint density at radius 1 is 1.00 bits per heavy atom. The first-order chi connectivity index (χ1) is 13.5. The fraction of sp³-hybridized carbons (Fsp3) is 0.300. The lowest BCUT2D eigenvalue weighted by atomic mass is 10.1. The maximum atomic E-state index is 12.6. The number of fused-ring (bicyclic) bond motifs is 1. The van der Waals surface area contributed by atoms with Gasteiger partial charge in [0.2, 0.25) is 0 Å². The number of imidazole rings is 1. The average Bonchev–Trinajstić information content (AvgIpc) is 3.09. The van der Waals surface area contributed by atoms with Crippen LogP contribution in [0, 0.1) is 0 Å². The molecule has 0 aliphatic rings. The van der Waals surface area contributed by atoms with E-state index in [-0.39, 0.29) is 0 Å². The molecular formula is C20H22F3N5. The monoisotopic (exact) mass is 389 g/mol. The van der Waals surface area contributed by atoms with Gasteiger partial charge in [-0.2, -0.15) is 13.2 Å². The van der Waals surface area contributed by atoms with Crippen LogP contribution in [-0.4, -0.2) is 36.1 Å². The Labute approximate surface area is 161 Å². The molecule has 0 atom stereocenters. The van der Waals surface area contributed by atoms with Gasteiger partial charge in [0.15, 0.2) is 5.96 Å². The van der Waals surface area contributed by atoms with Crippen molar-refractivity contribution in [3.63, 3.8) is 0 Å². The molecule has 3 N–H and O–H groups in total. The van der Waals surface area contributed by atoms with Crippen molar-refractivity contribution in [3.05, 3.63) is 65.5 Å². The Morgan fingerprint density at radius 3 is 2.32 bits per heavy atom. The van der Waals surface area contributed by atoms with Crippen LogP contribution >= 0.6 is 0 Å². The van der Waals surface area contributed by atoms with Crippen LogP contribution in [0.25, 0.3) is 11.0 Å². The summed E-state index contributed by atoms with van der Waals surface area (Å²) in [5.41, 5.74) is 2.15. The van der Waals surface area contributed by atoms with E-state index in [9.17, 15) is 13.2 Å². The lowest BCUT2D eigenvalue weighted by molar-refractivity contribution is -0.137. The number of nitrogens with zero attached hydrogens (tertiary/aromatic N) is 2. The predicted octanol–water partition coefficient (Wildman–Crippen LogP) is 3.53. The summed E-state index contributed by atoms with van der Waals surface area (Å²) in [6, 6.07) is 13.1. The number of halogens is 3. The van der Waals surface area contributed by atoms with E-state index in [0.29, 0.717) is 31.9 Å². The van der Waals surface area contributed by atoms with Crippen molar-refractivity contribution in [1.29, 1.82) is 0 Å². The maximum absolute atomic E-state index is 12.6. The fourth-order valence-corrected chi connectivity index (χ4v) is 2.83. The molecule has 148 valence electrons. The summed E-state index contributed by atoms with van der Waals surface area (Å²) in [7, 11) is 1.68. The molecule has 1 aromatic heterocycles. The smallest absolute Gasteiger partial charge is 0.356 e. The zero-order valence-electron chi connectivity index (χ0n) is 15.5. The quantitative estimate of drug-likeness (QED) is 0.446. The molecule has 0 unspecified atom stereocenters. The maximum Gasteiger partial charge on any atom is 0.416 e. The van der Waals surface area contributed by atoms with E-state index in [4.69, 9.17) is 0 Å². The van der Waals surface area contributed by atoms with Crippen LogP contribution in [0.5, 0.6) is 0 Å². The van der Waals surface area contributed by atoms with E-state index in [0.717, 1.165) is 34.6 Å². The van der Waals surface area contributed by atoms with Crippen LogP contribution in [0.3, 0.4) is 0 Å². The van der Waals surface area contributed by atoms with Crippen LogP contribution in [0.15, 0.2) is 53.5 Å². The van der Waals surface area contributed by atoms with Gasteiger partial charge in [-0.05, 0) is 36.2 Å².